The first kappa shape index (κ1) is 14.3. The molecule has 0 unspecified atom stereocenters. The predicted octanol–water partition coefficient (Wildman–Crippen LogP) is 5.57. The van der Waals surface area contributed by atoms with Crippen molar-refractivity contribution in [1.29, 1.82) is 0 Å². The first-order chi connectivity index (χ1) is 8.97. The molecule has 98 valence electrons. The van der Waals surface area contributed by atoms with Gasteiger partial charge in [0.05, 0.1) is 14.4 Å². The molecule has 0 bridgehead atoms. The molecule has 0 atom stereocenters. The van der Waals surface area contributed by atoms with Crippen molar-refractivity contribution in [2.75, 3.05) is 0 Å². The van der Waals surface area contributed by atoms with Gasteiger partial charge in [0.25, 0.3) is 5.69 Å². The summed E-state index contributed by atoms with van der Waals surface area (Å²) >= 11 is 12.6. The summed E-state index contributed by atoms with van der Waals surface area (Å²) in [6.07, 6.45) is 0. The average Bonchev–Trinajstić information content (AvgIpc) is 2.34. The molecule has 0 amide bonds. The third-order valence-electron chi connectivity index (χ3n) is 2.24. The van der Waals surface area contributed by atoms with Crippen molar-refractivity contribution in [3.05, 3.63) is 60.5 Å². The van der Waals surface area contributed by atoms with E-state index in [4.69, 9.17) is 16.3 Å². The second kappa shape index (κ2) is 5.90. The second-order valence-corrected chi connectivity index (χ2v) is 5.73. The number of nitro benzene ring substituents is 1. The second-order valence-electron chi connectivity index (χ2n) is 3.55. The first-order valence-corrected chi connectivity index (χ1v) is 7.00. The van der Waals surface area contributed by atoms with Crippen LogP contribution in [0, 0.1) is 10.1 Å². The van der Waals surface area contributed by atoms with Gasteiger partial charge >= 0.3 is 0 Å². The monoisotopic (exact) mass is 405 g/mol. The van der Waals surface area contributed by atoms with Gasteiger partial charge < -0.3 is 4.74 Å². The average molecular weight is 407 g/mol. The van der Waals surface area contributed by atoms with Gasteiger partial charge in [-0.2, -0.15) is 0 Å². The Balaban J connectivity index is 2.31. The highest BCUT2D eigenvalue weighted by molar-refractivity contribution is 9.10. The van der Waals surface area contributed by atoms with Gasteiger partial charge in [0.1, 0.15) is 11.5 Å². The predicted molar refractivity (Wildman–Crippen MR) is 80.0 cm³/mol. The van der Waals surface area contributed by atoms with Crippen LogP contribution in [0.5, 0.6) is 11.5 Å². The lowest BCUT2D eigenvalue weighted by Crippen LogP contribution is -1.90. The first-order valence-electron chi connectivity index (χ1n) is 5.04. The number of non-ortho nitro benzene ring substituents is 1. The number of hydrogen-bond donors (Lipinski definition) is 0. The lowest BCUT2D eigenvalue weighted by Gasteiger charge is -2.09. The van der Waals surface area contributed by atoms with Crippen LogP contribution in [-0.2, 0) is 0 Å². The SMILES string of the molecule is O=[N+]([O-])c1ccc(Oc2ccc(Br)cc2Cl)c(Br)c1. The minimum Gasteiger partial charge on any atom is -0.455 e. The number of halogens is 3. The van der Waals surface area contributed by atoms with Gasteiger partial charge in [0.15, 0.2) is 0 Å². The number of nitrogens with zero attached hydrogens (tertiary/aromatic N) is 1. The topological polar surface area (TPSA) is 52.4 Å². The number of hydrogen-bond acceptors (Lipinski definition) is 3. The zero-order chi connectivity index (χ0) is 14.0. The quantitative estimate of drug-likeness (QED) is 0.494. The molecule has 0 saturated carbocycles. The van der Waals surface area contributed by atoms with Crippen molar-refractivity contribution in [1.82, 2.24) is 0 Å². The number of benzene rings is 2. The minimum atomic E-state index is -0.471. The Kier molecular flexibility index (Phi) is 4.44. The molecule has 4 nitrogen and oxygen atoms in total. The van der Waals surface area contributed by atoms with E-state index in [9.17, 15) is 10.1 Å². The molecule has 7 heteroatoms. The highest BCUT2D eigenvalue weighted by Gasteiger charge is 2.12. The third-order valence-corrected chi connectivity index (χ3v) is 3.65. The summed E-state index contributed by atoms with van der Waals surface area (Å²) in [5.74, 6) is 0.925. The van der Waals surface area contributed by atoms with Gasteiger partial charge in [-0.05, 0) is 40.2 Å². The molecule has 0 spiro atoms. The van der Waals surface area contributed by atoms with Crippen LogP contribution in [0.15, 0.2) is 45.3 Å². The van der Waals surface area contributed by atoms with E-state index in [0.717, 1.165) is 4.47 Å². The molecule has 19 heavy (non-hydrogen) atoms. The molecule has 0 radical (unpaired) electrons. The Hall–Kier alpha value is -1.11. The fourth-order valence-electron chi connectivity index (χ4n) is 1.36. The molecule has 0 aromatic heterocycles. The zero-order valence-electron chi connectivity index (χ0n) is 9.27. The summed E-state index contributed by atoms with van der Waals surface area (Å²) in [5.41, 5.74) is -0.0128. The van der Waals surface area contributed by atoms with Gasteiger partial charge in [0.2, 0.25) is 0 Å². The van der Waals surface area contributed by atoms with Gasteiger partial charge in [-0.25, -0.2) is 0 Å². The molecular weight excluding hydrogens is 401 g/mol. The molecular formula is C12H6Br2ClNO3. The maximum absolute atomic E-state index is 10.6. The largest absolute Gasteiger partial charge is 0.455 e. The summed E-state index contributed by atoms with van der Waals surface area (Å²) in [6.45, 7) is 0. The number of nitro groups is 1. The summed E-state index contributed by atoms with van der Waals surface area (Å²) < 4.78 is 6.93. The van der Waals surface area contributed by atoms with Gasteiger partial charge in [-0.1, -0.05) is 27.5 Å². The van der Waals surface area contributed by atoms with Crippen LogP contribution in [-0.4, -0.2) is 4.92 Å². The Morgan fingerprint density at radius 3 is 2.37 bits per heavy atom. The molecule has 0 fully saturated rings. The molecule has 0 heterocycles. The van der Waals surface area contributed by atoms with Crippen LogP contribution < -0.4 is 4.74 Å². The van der Waals surface area contributed by atoms with Crippen LogP contribution in [0.3, 0.4) is 0 Å². The highest BCUT2D eigenvalue weighted by Crippen LogP contribution is 2.36. The van der Waals surface area contributed by atoms with E-state index in [1.165, 1.54) is 18.2 Å². The fourth-order valence-corrected chi connectivity index (χ4v) is 2.52. The summed E-state index contributed by atoms with van der Waals surface area (Å²) in [4.78, 5) is 10.2. The van der Waals surface area contributed by atoms with Crippen LogP contribution in [0.1, 0.15) is 0 Å². The Bertz CT molecular complexity index is 649. The normalized spacial score (nSPS) is 10.3. The molecule has 0 N–H and O–H groups in total. The van der Waals surface area contributed by atoms with E-state index in [-0.39, 0.29) is 5.69 Å². The molecule has 0 saturated heterocycles. The molecule has 0 aliphatic heterocycles. The van der Waals surface area contributed by atoms with E-state index in [1.807, 2.05) is 0 Å². The van der Waals surface area contributed by atoms with Crippen molar-refractivity contribution < 1.29 is 9.66 Å². The van der Waals surface area contributed by atoms with Crippen molar-refractivity contribution in [3.63, 3.8) is 0 Å². The summed E-state index contributed by atoms with van der Waals surface area (Å²) in [5, 5.41) is 11.1. The maximum Gasteiger partial charge on any atom is 0.270 e. The van der Waals surface area contributed by atoms with Crippen molar-refractivity contribution >= 4 is 49.1 Å². The van der Waals surface area contributed by atoms with E-state index in [1.54, 1.807) is 18.2 Å². The standard InChI is InChI=1S/C12H6Br2ClNO3/c13-7-1-3-12(10(15)5-7)19-11-4-2-8(16(17)18)6-9(11)14/h1-6H. The Morgan fingerprint density at radius 1 is 1.11 bits per heavy atom. The van der Waals surface area contributed by atoms with E-state index < -0.39 is 4.92 Å². The van der Waals surface area contributed by atoms with Crippen LogP contribution in [0.2, 0.25) is 5.02 Å². The summed E-state index contributed by atoms with van der Waals surface area (Å²) in [6, 6.07) is 9.46. The fraction of sp³-hybridized carbons (Fsp3) is 0. The van der Waals surface area contributed by atoms with E-state index in [0.29, 0.717) is 21.0 Å². The molecule has 0 aliphatic carbocycles. The van der Waals surface area contributed by atoms with E-state index in [2.05, 4.69) is 31.9 Å². The molecule has 2 aromatic carbocycles. The molecule has 2 rings (SSSR count). The highest BCUT2D eigenvalue weighted by atomic mass is 79.9. The smallest absolute Gasteiger partial charge is 0.270 e. The maximum atomic E-state index is 10.6. The lowest BCUT2D eigenvalue weighted by molar-refractivity contribution is -0.384. The van der Waals surface area contributed by atoms with Gasteiger partial charge in [-0.3, -0.25) is 10.1 Å². The van der Waals surface area contributed by atoms with Crippen molar-refractivity contribution in [3.8, 4) is 11.5 Å². The van der Waals surface area contributed by atoms with Crippen molar-refractivity contribution in [2.45, 2.75) is 0 Å². The third kappa shape index (κ3) is 3.46. The number of rotatable bonds is 3. The van der Waals surface area contributed by atoms with Crippen LogP contribution in [0.4, 0.5) is 5.69 Å². The van der Waals surface area contributed by atoms with Crippen LogP contribution in [0.25, 0.3) is 0 Å². The number of ether oxygens (including phenoxy) is 1. The van der Waals surface area contributed by atoms with Crippen molar-refractivity contribution in [2.24, 2.45) is 0 Å². The molecule has 0 aliphatic rings. The lowest BCUT2D eigenvalue weighted by atomic mass is 10.3. The summed E-state index contributed by atoms with van der Waals surface area (Å²) in [7, 11) is 0. The Labute approximate surface area is 130 Å². The minimum absolute atomic E-state index is 0.0128. The molecule has 2 aromatic rings. The van der Waals surface area contributed by atoms with Gasteiger partial charge in [0, 0.05) is 16.6 Å². The van der Waals surface area contributed by atoms with Crippen LogP contribution >= 0.6 is 43.5 Å². The zero-order valence-corrected chi connectivity index (χ0v) is 13.2. The van der Waals surface area contributed by atoms with Gasteiger partial charge in [-0.15, -0.1) is 0 Å². The van der Waals surface area contributed by atoms with E-state index >= 15 is 0 Å². The Morgan fingerprint density at radius 2 is 1.79 bits per heavy atom.